The number of aromatic nitrogens is 3. The molecule has 0 radical (unpaired) electrons. The lowest BCUT2D eigenvalue weighted by Gasteiger charge is -1.99. The summed E-state index contributed by atoms with van der Waals surface area (Å²) < 4.78 is 1.33. The smallest absolute Gasteiger partial charge is 0.309 e. The molecule has 22 heavy (non-hydrogen) atoms. The molecule has 0 aliphatic heterocycles. The molecule has 0 unspecified atom stereocenters. The van der Waals surface area contributed by atoms with Gasteiger partial charge in [0.05, 0.1) is 12.1 Å². The van der Waals surface area contributed by atoms with Crippen LogP contribution in [0.4, 0.5) is 0 Å². The van der Waals surface area contributed by atoms with Crippen molar-refractivity contribution in [3.05, 3.63) is 63.3 Å². The van der Waals surface area contributed by atoms with Crippen LogP contribution in [0.25, 0.3) is 17.1 Å². The number of thiazole rings is 1. The highest BCUT2D eigenvalue weighted by Gasteiger charge is 2.10. The maximum absolute atomic E-state index is 12.2. The number of nitrogens with zero attached hydrogens (tertiary/aromatic N) is 3. The second-order valence-electron chi connectivity index (χ2n) is 4.55. The van der Waals surface area contributed by atoms with Crippen molar-refractivity contribution in [3.63, 3.8) is 0 Å². The molecule has 3 aromatic heterocycles. The van der Waals surface area contributed by atoms with Gasteiger partial charge in [-0.3, -0.25) is 19.0 Å². The quantitative estimate of drug-likeness (QED) is 0.796. The molecule has 110 valence electrons. The molecule has 3 heterocycles. The Morgan fingerprint density at radius 1 is 1.41 bits per heavy atom. The predicted molar refractivity (Wildman–Crippen MR) is 83.8 cm³/mol. The van der Waals surface area contributed by atoms with Gasteiger partial charge in [0.25, 0.3) is 5.56 Å². The molecule has 6 nitrogen and oxygen atoms in total. The van der Waals surface area contributed by atoms with Crippen molar-refractivity contribution in [1.82, 2.24) is 14.4 Å². The predicted octanol–water partition coefficient (Wildman–Crippen LogP) is 1.95. The van der Waals surface area contributed by atoms with Gasteiger partial charge in [0, 0.05) is 29.5 Å². The lowest BCUT2D eigenvalue weighted by molar-refractivity contribution is -0.136. The molecule has 0 bridgehead atoms. The van der Waals surface area contributed by atoms with Crippen LogP contribution in [-0.4, -0.2) is 25.4 Å². The summed E-state index contributed by atoms with van der Waals surface area (Å²) in [6, 6.07) is 5.10. The van der Waals surface area contributed by atoms with E-state index < -0.39 is 5.97 Å². The second-order valence-corrected chi connectivity index (χ2v) is 5.39. The molecule has 3 aromatic rings. The van der Waals surface area contributed by atoms with E-state index in [9.17, 15) is 9.59 Å². The zero-order valence-corrected chi connectivity index (χ0v) is 12.2. The number of fused-ring (bicyclic) bond motifs is 1. The van der Waals surface area contributed by atoms with Crippen LogP contribution < -0.4 is 5.56 Å². The van der Waals surface area contributed by atoms with Crippen LogP contribution in [0.3, 0.4) is 0 Å². The highest BCUT2D eigenvalue weighted by atomic mass is 32.1. The fourth-order valence-electron chi connectivity index (χ4n) is 2.01. The third kappa shape index (κ3) is 2.94. The third-order valence-electron chi connectivity index (χ3n) is 2.96. The van der Waals surface area contributed by atoms with Gasteiger partial charge < -0.3 is 5.11 Å². The van der Waals surface area contributed by atoms with Gasteiger partial charge in [-0.05, 0) is 17.7 Å². The van der Waals surface area contributed by atoms with Gasteiger partial charge in [0.2, 0.25) is 0 Å². The molecule has 0 amide bonds. The number of carbonyl (C=O) groups is 1. The largest absolute Gasteiger partial charge is 0.481 e. The maximum atomic E-state index is 12.2. The van der Waals surface area contributed by atoms with Gasteiger partial charge in [-0.1, -0.05) is 12.1 Å². The summed E-state index contributed by atoms with van der Waals surface area (Å²) in [5.74, 6) is -0.979. The molecule has 0 spiro atoms. The molecule has 0 fully saturated rings. The Morgan fingerprint density at radius 3 is 3.00 bits per heavy atom. The average Bonchev–Trinajstić information content (AvgIpc) is 2.89. The molecule has 0 saturated carbocycles. The van der Waals surface area contributed by atoms with E-state index in [0.717, 1.165) is 5.56 Å². The Balaban J connectivity index is 1.98. The summed E-state index contributed by atoms with van der Waals surface area (Å²) in [7, 11) is 0. The molecular formula is C15H11N3O3S. The number of hydrogen-bond acceptors (Lipinski definition) is 5. The summed E-state index contributed by atoms with van der Waals surface area (Å²) in [6.07, 6.45) is 6.74. The van der Waals surface area contributed by atoms with Crippen molar-refractivity contribution in [2.45, 2.75) is 6.42 Å². The Kier molecular flexibility index (Phi) is 3.80. The number of pyridine rings is 1. The van der Waals surface area contributed by atoms with Crippen LogP contribution in [0.5, 0.6) is 0 Å². The van der Waals surface area contributed by atoms with E-state index >= 15 is 0 Å². The Labute approximate surface area is 129 Å². The minimum atomic E-state index is -0.979. The number of aliphatic carboxylic acids is 1. The summed E-state index contributed by atoms with van der Waals surface area (Å²) in [5.41, 5.74) is 1.58. The number of carboxylic acid groups (broad SMARTS) is 1. The zero-order valence-electron chi connectivity index (χ0n) is 11.3. The number of carboxylic acids is 1. The fraction of sp³-hybridized carbons (Fsp3) is 0.0667. The van der Waals surface area contributed by atoms with Crippen molar-refractivity contribution in [3.8, 4) is 0 Å². The Bertz CT molecular complexity index is 913. The molecule has 0 aromatic carbocycles. The van der Waals surface area contributed by atoms with E-state index in [1.807, 2.05) is 18.2 Å². The SMILES string of the molecule is O=C(O)Cc1csc2nc(/C=C/c3cccnc3)cc(=O)n12. The highest BCUT2D eigenvalue weighted by molar-refractivity contribution is 7.15. The summed E-state index contributed by atoms with van der Waals surface area (Å²) in [6.45, 7) is 0. The first kappa shape index (κ1) is 14.2. The molecule has 7 heteroatoms. The molecule has 0 saturated heterocycles. The molecule has 0 atom stereocenters. The molecular weight excluding hydrogens is 302 g/mol. The molecule has 0 aliphatic rings. The van der Waals surface area contributed by atoms with E-state index in [1.165, 1.54) is 21.8 Å². The van der Waals surface area contributed by atoms with Crippen LogP contribution in [0, 0.1) is 0 Å². The first-order chi connectivity index (χ1) is 10.6. The Morgan fingerprint density at radius 2 is 2.27 bits per heavy atom. The fourth-order valence-corrected chi connectivity index (χ4v) is 2.91. The minimum absolute atomic E-state index is 0.202. The van der Waals surface area contributed by atoms with Crippen molar-refractivity contribution in [1.29, 1.82) is 0 Å². The van der Waals surface area contributed by atoms with E-state index in [2.05, 4.69) is 9.97 Å². The number of rotatable bonds is 4. The highest BCUT2D eigenvalue weighted by Crippen LogP contribution is 2.14. The zero-order chi connectivity index (χ0) is 15.5. The first-order valence-corrected chi connectivity index (χ1v) is 7.31. The van der Waals surface area contributed by atoms with E-state index in [0.29, 0.717) is 16.3 Å². The van der Waals surface area contributed by atoms with Crippen LogP contribution >= 0.6 is 11.3 Å². The lowest BCUT2D eigenvalue weighted by atomic mass is 10.2. The van der Waals surface area contributed by atoms with E-state index in [4.69, 9.17) is 5.11 Å². The number of hydrogen-bond donors (Lipinski definition) is 1. The van der Waals surface area contributed by atoms with Crippen LogP contribution in [-0.2, 0) is 11.2 Å². The molecule has 3 rings (SSSR count). The van der Waals surface area contributed by atoms with Crippen LogP contribution in [0.1, 0.15) is 17.0 Å². The monoisotopic (exact) mass is 313 g/mol. The van der Waals surface area contributed by atoms with Crippen LogP contribution in [0.2, 0.25) is 0 Å². The van der Waals surface area contributed by atoms with Gasteiger partial charge in [-0.25, -0.2) is 4.98 Å². The summed E-state index contributed by atoms with van der Waals surface area (Å²) in [5, 5.41) is 10.5. The van der Waals surface area contributed by atoms with Crippen molar-refractivity contribution in [2.24, 2.45) is 0 Å². The van der Waals surface area contributed by atoms with Gasteiger partial charge in [0.1, 0.15) is 0 Å². The van der Waals surface area contributed by atoms with Crippen molar-refractivity contribution in [2.75, 3.05) is 0 Å². The lowest BCUT2D eigenvalue weighted by Crippen LogP contribution is -2.17. The van der Waals surface area contributed by atoms with Crippen molar-refractivity contribution < 1.29 is 9.90 Å². The van der Waals surface area contributed by atoms with Gasteiger partial charge in [-0.2, -0.15) is 0 Å². The van der Waals surface area contributed by atoms with Gasteiger partial charge in [0.15, 0.2) is 4.96 Å². The topological polar surface area (TPSA) is 84.6 Å². The summed E-state index contributed by atoms with van der Waals surface area (Å²) in [4.78, 5) is 31.8. The first-order valence-electron chi connectivity index (χ1n) is 6.43. The molecule has 0 aliphatic carbocycles. The average molecular weight is 313 g/mol. The van der Waals surface area contributed by atoms with Gasteiger partial charge in [-0.15, -0.1) is 11.3 Å². The normalized spacial score (nSPS) is 11.3. The maximum Gasteiger partial charge on any atom is 0.309 e. The summed E-state index contributed by atoms with van der Waals surface area (Å²) >= 11 is 1.25. The van der Waals surface area contributed by atoms with E-state index in [1.54, 1.807) is 23.8 Å². The van der Waals surface area contributed by atoms with Crippen LogP contribution in [0.15, 0.2) is 40.8 Å². The van der Waals surface area contributed by atoms with Crippen molar-refractivity contribution >= 4 is 34.4 Å². The Hall–Kier alpha value is -2.80. The molecule has 1 N–H and O–H groups in total. The van der Waals surface area contributed by atoms with E-state index in [-0.39, 0.29) is 12.0 Å². The van der Waals surface area contributed by atoms with Gasteiger partial charge >= 0.3 is 5.97 Å². The standard InChI is InChI=1S/C15H11N3O3S/c19-13-6-11(4-3-10-2-1-5-16-8-10)17-15-18(13)12(9-22-15)7-14(20)21/h1-6,8-9H,7H2,(H,20,21)/b4-3+. The third-order valence-corrected chi connectivity index (χ3v) is 3.83. The second kappa shape index (κ2) is 5.90. The minimum Gasteiger partial charge on any atom is -0.481 e.